The molecular formula is C11H18N10. The van der Waals surface area contributed by atoms with Crippen molar-refractivity contribution < 1.29 is 0 Å². The average Bonchev–Trinajstić information content (AvgIpc) is 3.04. The molecule has 0 radical (unpaired) electrons. The van der Waals surface area contributed by atoms with E-state index in [1.165, 1.54) is 0 Å². The second kappa shape index (κ2) is 5.99. The fourth-order valence-corrected chi connectivity index (χ4v) is 2.03. The van der Waals surface area contributed by atoms with Crippen LogP contribution in [-0.2, 0) is 0 Å². The summed E-state index contributed by atoms with van der Waals surface area (Å²) in [6.45, 7) is 3.77. The molecule has 2 aromatic heterocycles. The SMILES string of the molecule is CN1CCN(Nc2nc(NN)nc(-n3cccn3)n2)CC1. The number of aromatic nitrogens is 5. The van der Waals surface area contributed by atoms with Gasteiger partial charge in [0, 0.05) is 38.6 Å². The van der Waals surface area contributed by atoms with Crippen LogP contribution < -0.4 is 16.7 Å². The summed E-state index contributed by atoms with van der Waals surface area (Å²) < 4.78 is 1.55. The van der Waals surface area contributed by atoms with Crippen LogP contribution in [0.1, 0.15) is 0 Å². The van der Waals surface area contributed by atoms with Crippen molar-refractivity contribution in [3.05, 3.63) is 18.5 Å². The molecule has 0 spiro atoms. The third kappa shape index (κ3) is 3.24. The predicted octanol–water partition coefficient (Wildman–Crippen LogP) is -1.08. The standard InChI is InChI=1S/C11H18N10/c1-19-5-7-20(8-6-19)18-10-14-9(17-12)15-11(16-10)21-4-2-3-13-21/h2-4H,5-8,12H2,1H3,(H2,14,15,16,17,18). The predicted molar refractivity (Wildman–Crippen MR) is 77.5 cm³/mol. The molecule has 0 aliphatic carbocycles. The molecular weight excluding hydrogens is 272 g/mol. The van der Waals surface area contributed by atoms with Crippen LogP contribution in [0.15, 0.2) is 18.5 Å². The summed E-state index contributed by atoms with van der Waals surface area (Å²) in [5.41, 5.74) is 5.63. The molecule has 1 fully saturated rings. The molecule has 3 heterocycles. The summed E-state index contributed by atoms with van der Waals surface area (Å²) in [6.07, 6.45) is 3.42. The Kier molecular flexibility index (Phi) is 3.90. The maximum absolute atomic E-state index is 5.41. The third-order valence-electron chi connectivity index (χ3n) is 3.22. The van der Waals surface area contributed by atoms with E-state index in [4.69, 9.17) is 5.84 Å². The topological polar surface area (TPSA) is 113 Å². The lowest BCUT2D eigenvalue weighted by Gasteiger charge is -2.32. The van der Waals surface area contributed by atoms with Gasteiger partial charge in [-0.1, -0.05) is 0 Å². The molecule has 1 saturated heterocycles. The van der Waals surface area contributed by atoms with Crippen molar-refractivity contribution in [1.82, 2.24) is 34.6 Å². The first-order valence-corrected chi connectivity index (χ1v) is 6.67. The molecule has 0 amide bonds. The summed E-state index contributed by atoms with van der Waals surface area (Å²) in [7, 11) is 2.10. The van der Waals surface area contributed by atoms with E-state index in [0.29, 0.717) is 11.9 Å². The number of nitrogens with two attached hydrogens (primary N) is 1. The number of nitrogen functional groups attached to an aromatic ring is 1. The number of hydrogen-bond donors (Lipinski definition) is 3. The highest BCUT2D eigenvalue weighted by molar-refractivity contribution is 5.36. The van der Waals surface area contributed by atoms with E-state index in [9.17, 15) is 0 Å². The van der Waals surface area contributed by atoms with E-state index >= 15 is 0 Å². The Morgan fingerprint density at radius 3 is 2.52 bits per heavy atom. The van der Waals surface area contributed by atoms with Gasteiger partial charge in [0.15, 0.2) is 0 Å². The lowest BCUT2D eigenvalue weighted by atomic mass is 10.4. The molecule has 0 bridgehead atoms. The minimum absolute atomic E-state index is 0.284. The zero-order valence-corrected chi connectivity index (χ0v) is 11.8. The van der Waals surface area contributed by atoms with Crippen molar-refractivity contribution in [3.63, 3.8) is 0 Å². The number of hydrogen-bond acceptors (Lipinski definition) is 9. The van der Waals surface area contributed by atoms with Gasteiger partial charge in [0.25, 0.3) is 5.95 Å². The molecule has 0 atom stereocenters. The van der Waals surface area contributed by atoms with E-state index in [2.05, 4.69) is 47.9 Å². The van der Waals surface area contributed by atoms with E-state index in [1.807, 2.05) is 0 Å². The zero-order chi connectivity index (χ0) is 14.7. The number of anilines is 2. The Labute approximate surface area is 121 Å². The van der Waals surface area contributed by atoms with Gasteiger partial charge in [-0.3, -0.25) is 10.9 Å². The first-order valence-electron chi connectivity index (χ1n) is 6.67. The van der Waals surface area contributed by atoms with Gasteiger partial charge in [0.1, 0.15) is 0 Å². The summed E-state index contributed by atoms with van der Waals surface area (Å²) >= 11 is 0. The van der Waals surface area contributed by atoms with E-state index in [0.717, 1.165) is 26.2 Å². The molecule has 10 nitrogen and oxygen atoms in total. The lowest BCUT2D eigenvalue weighted by molar-refractivity contribution is 0.178. The second-order valence-corrected chi connectivity index (χ2v) is 4.78. The number of hydrazine groups is 2. The minimum atomic E-state index is 0.284. The van der Waals surface area contributed by atoms with Crippen LogP contribution >= 0.6 is 0 Å². The van der Waals surface area contributed by atoms with Crippen LogP contribution in [0.5, 0.6) is 0 Å². The third-order valence-corrected chi connectivity index (χ3v) is 3.22. The van der Waals surface area contributed by atoms with Crippen LogP contribution in [0.4, 0.5) is 11.9 Å². The van der Waals surface area contributed by atoms with Crippen LogP contribution in [0, 0.1) is 0 Å². The normalized spacial score (nSPS) is 16.9. The average molecular weight is 290 g/mol. The lowest BCUT2D eigenvalue weighted by Crippen LogP contribution is -2.47. The first-order chi connectivity index (χ1) is 10.2. The Bertz CT molecular complexity index is 575. The molecule has 0 aromatic carbocycles. The van der Waals surface area contributed by atoms with E-state index in [1.54, 1.807) is 23.1 Å². The molecule has 4 N–H and O–H groups in total. The number of likely N-dealkylation sites (N-methyl/N-ethyl adjacent to an activating group) is 1. The highest BCUT2D eigenvalue weighted by Crippen LogP contribution is 2.09. The highest BCUT2D eigenvalue weighted by Gasteiger charge is 2.16. The van der Waals surface area contributed by atoms with Crippen LogP contribution in [0.25, 0.3) is 5.95 Å². The smallest absolute Gasteiger partial charge is 0.257 e. The van der Waals surface area contributed by atoms with Gasteiger partial charge in [-0.2, -0.15) is 20.1 Å². The quantitative estimate of drug-likeness (QED) is 0.478. The molecule has 10 heteroatoms. The van der Waals surface area contributed by atoms with Crippen LogP contribution in [0.2, 0.25) is 0 Å². The monoisotopic (exact) mass is 290 g/mol. The molecule has 0 saturated carbocycles. The summed E-state index contributed by atoms with van der Waals surface area (Å²) in [5, 5.41) is 6.18. The summed E-state index contributed by atoms with van der Waals surface area (Å²) in [6, 6.07) is 1.80. The number of rotatable bonds is 4. The van der Waals surface area contributed by atoms with Gasteiger partial charge in [-0.15, -0.1) is 0 Å². The molecule has 3 rings (SSSR count). The maximum atomic E-state index is 5.41. The largest absolute Gasteiger partial charge is 0.304 e. The molecule has 21 heavy (non-hydrogen) atoms. The Morgan fingerprint density at radius 1 is 1.10 bits per heavy atom. The van der Waals surface area contributed by atoms with Gasteiger partial charge in [0.05, 0.1) is 0 Å². The molecule has 1 aliphatic heterocycles. The Balaban J connectivity index is 1.79. The molecule has 2 aromatic rings. The van der Waals surface area contributed by atoms with Crippen molar-refractivity contribution in [2.45, 2.75) is 0 Å². The van der Waals surface area contributed by atoms with Crippen molar-refractivity contribution >= 4 is 11.9 Å². The summed E-state index contributed by atoms with van der Waals surface area (Å²) in [4.78, 5) is 15.0. The van der Waals surface area contributed by atoms with Gasteiger partial charge in [-0.05, 0) is 13.1 Å². The van der Waals surface area contributed by atoms with Gasteiger partial charge in [0.2, 0.25) is 11.9 Å². The number of nitrogens with zero attached hydrogens (tertiary/aromatic N) is 7. The summed E-state index contributed by atoms with van der Waals surface area (Å²) in [5.74, 6) is 6.54. The highest BCUT2D eigenvalue weighted by atomic mass is 15.6. The molecule has 0 unspecified atom stereocenters. The first kappa shape index (κ1) is 13.7. The minimum Gasteiger partial charge on any atom is -0.304 e. The van der Waals surface area contributed by atoms with Crippen molar-refractivity contribution in [1.29, 1.82) is 0 Å². The van der Waals surface area contributed by atoms with Gasteiger partial charge in [-0.25, -0.2) is 15.5 Å². The van der Waals surface area contributed by atoms with Crippen LogP contribution in [-0.4, -0.2) is 67.9 Å². The Hall–Kier alpha value is -2.30. The van der Waals surface area contributed by atoms with Gasteiger partial charge < -0.3 is 4.90 Å². The fourth-order valence-electron chi connectivity index (χ4n) is 2.03. The number of nitrogens with one attached hydrogen (secondary N) is 2. The van der Waals surface area contributed by atoms with Gasteiger partial charge >= 0.3 is 0 Å². The Morgan fingerprint density at radius 2 is 1.86 bits per heavy atom. The van der Waals surface area contributed by atoms with Crippen LogP contribution in [0.3, 0.4) is 0 Å². The second-order valence-electron chi connectivity index (χ2n) is 4.78. The molecule has 1 aliphatic rings. The zero-order valence-electron chi connectivity index (χ0n) is 11.8. The van der Waals surface area contributed by atoms with E-state index in [-0.39, 0.29) is 5.95 Å². The van der Waals surface area contributed by atoms with Crippen molar-refractivity contribution in [2.75, 3.05) is 44.1 Å². The fraction of sp³-hybridized carbons (Fsp3) is 0.455. The number of piperazine rings is 1. The van der Waals surface area contributed by atoms with E-state index < -0.39 is 0 Å². The maximum Gasteiger partial charge on any atom is 0.257 e. The van der Waals surface area contributed by atoms with Crippen molar-refractivity contribution in [3.8, 4) is 5.95 Å². The van der Waals surface area contributed by atoms with Crippen molar-refractivity contribution in [2.24, 2.45) is 5.84 Å². The molecule has 112 valence electrons.